The van der Waals surface area contributed by atoms with E-state index in [2.05, 4.69) is 10.1 Å². The van der Waals surface area contributed by atoms with Crippen LogP contribution in [0.1, 0.15) is 24.8 Å². The average Bonchev–Trinajstić information content (AvgIpc) is 2.86. The standard InChI is InChI=1S/C13H19N3O2S/c17-19(18,15-16-8-2-1-3-9-16)12-5-4-11-6-7-14-13(11)10-12/h4-5,10,14-15H,1-3,6-9H2. The summed E-state index contributed by atoms with van der Waals surface area (Å²) in [6, 6.07) is 5.33. The molecule has 0 aliphatic carbocycles. The first-order chi connectivity index (χ1) is 9.15. The molecule has 6 heteroatoms. The van der Waals surface area contributed by atoms with Gasteiger partial charge < -0.3 is 5.32 Å². The fraction of sp³-hybridized carbons (Fsp3) is 0.538. The molecule has 0 amide bonds. The summed E-state index contributed by atoms with van der Waals surface area (Å²) in [6.07, 6.45) is 4.25. The van der Waals surface area contributed by atoms with Crippen molar-refractivity contribution in [2.75, 3.05) is 25.0 Å². The number of hydrazine groups is 1. The van der Waals surface area contributed by atoms with E-state index in [1.165, 1.54) is 12.0 Å². The molecular weight excluding hydrogens is 262 g/mol. The van der Waals surface area contributed by atoms with E-state index in [1.54, 1.807) is 17.1 Å². The minimum atomic E-state index is -3.45. The second-order valence-corrected chi connectivity index (χ2v) is 6.80. The highest BCUT2D eigenvalue weighted by Gasteiger charge is 2.21. The summed E-state index contributed by atoms with van der Waals surface area (Å²) >= 11 is 0. The number of hydrogen-bond donors (Lipinski definition) is 2. The third-order valence-corrected chi connectivity index (χ3v) is 5.08. The summed E-state index contributed by atoms with van der Waals surface area (Å²) in [4.78, 5) is 3.02. The fourth-order valence-corrected chi connectivity index (χ4v) is 3.79. The lowest BCUT2D eigenvalue weighted by atomic mass is 10.2. The van der Waals surface area contributed by atoms with Crippen molar-refractivity contribution in [3.63, 3.8) is 0 Å². The molecule has 2 heterocycles. The highest BCUT2D eigenvalue weighted by atomic mass is 32.2. The highest BCUT2D eigenvalue weighted by Crippen LogP contribution is 2.25. The molecule has 3 rings (SSSR count). The maximum atomic E-state index is 12.3. The smallest absolute Gasteiger partial charge is 0.253 e. The maximum absolute atomic E-state index is 12.3. The van der Waals surface area contributed by atoms with E-state index < -0.39 is 10.0 Å². The number of sulfonamides is 1. The molecule has 0 bridgehead atoms. The van der Waals surface area contributed by atoms with Crippen LogP contribution in [0.5, 0.6) is 0 Å². The van der Waals surface area contributed by atoms with Crippen molar-refractivity contribution < 1.29 is 8.42 Å². The van der Waals surface area contributed by atoms with Crippen LogP contribution in [0.2, 0.25) is 0 Å². The SMILES string of the molecule is O=S(=O)(NN1CCCCC1)c1ccc2c(c1)NCC2. The number of piperidine rings is 1. The first kappa shape index (κ1) is 12.9. The van der Waals surface area contributed by atoms with Crippen molar-refractivity contribution in [3.05, 3.63) is 23.8 Å². The van der Waals surface area contributed by atoms with E-state index >= 15 is 0 Å². The van der Waals surface area contributed by atoms with Crippen molar-refractivity contribution in [3.8, 4) is 0 Å². The molecule has 0 atom stereocenters. The summed E-state index contributed by atoms with van der Waals surface area (Å²) < 4.78 is 24.6. The van der Waals surface area contributed by atoms with Crippen LogP contribution in [-0.4, -0.2) is 33.1 Å². The molecule has 2 aliphatic rings. The van der Waals surface area contributed by atoms with Gasteiger partial charge in [-0.15, -0.1) is 4.83 Å². The number of rotatable bonds is 3. The van der Waals surface area contributed by atoms with Gasteiger partial charge in [-0.3, -0.25) is 0 Å². The minimum Gasteiger partial charge on any atom is -0.384 e. The zero-order valence-corrected chi connectivity index (χ0v) is 11.7. The molecule has 0 spiro atoms. The normalized spacial score (nSPS) is 20.0. The molecule has 1 fully saturated rings. The lowest BCUT2D eigenvalue weighted by Gasteiger charge is -2.26. The molecule has 104 valence electrons. The van der Waals surface area contributed by atoms with Crippen LogP contribution < -0.4 is 10.1 Å². The summed E-state index contributed by atoms with van der Waals surface area (Å²) in [7, 11) is -3.45. The third-order valence-electron chi connectivity index (χ3n) is 3.71. The van der Waals surface area contributed by atoms with Crippen molar-refractivity contribution in [2.24, 2.45) is 0 Å². The topological polar surface area (TPSA) is 61.4 Å². The number of fused-ring (bicyclic) bond motifs is 1. The first-order valence-electron chi connectivity index (χ1n) is 6.79. The minimum absolute atomic E-state index is 0.339. The van der Waals surface area contributed by atoms with Crippen LogP contribution in [0.25, 0.3) is 0 Å². The van der Waals surface area contributed by atoms with E-state index in [0.717, 1.165) is 44.6 Å². The number of nitrogens with zero attached hydrogens (tertiary/aromatic N) is 1. The van der Waals surface area contributed by atoms with Gasteiger partial charge in [-0.05, 0) is 37.0 Å². The predicted molar refractivity (Wildman–Crippen MR) is 74.4 cm³/mol. The van der Waals surface area contributed by atoms with E-state index in [0.29, 0.717) is 4.90 Å². The predicted octanol–water partition coefficient (Wildman–Crippen LogP) is 1.33. The first-order valence-corrected chi connectivity index (χ1v) is 8.28. The molecule has 0 saturated carbocycles. The maximum Gasteiger partial charge on any atom is 0.253 e. The van der Waals surface area contributed by atoms with Gasteiger partial charge in [0.1, 0.15) is 0 Å². The quantitative estimate of drug-likeness (QED) is 0.877. The average molecular weight is 281 g/mol. The molecule has 0 unspecified atom stereocenters. The van der Waals surface area contributed by atoms with Gasteiger partial charge in [0.15, 0.2) is 0 Å². The van der Waals surface area contributed by atoms with Gasteiger partial charge in [-0.25, -0.2) is 13.4 Å². The van der Waals surface area contributed by atoms with Gasteiger partial charge >= 0.3 is 0 Å². The van der Waals surface area contributed by atoms with Gasteiger partial charge in [-0.1, -0.05) is 12.5 Å². The van der Waals surface area contributed by atoms with Crippen LogP contribution in [0.4, 0.5) is 5.69 Å². The Bertz CT molecular complexity index is 565. The molecule has 0 radical (unpaired) electrons. The molecule has 0 aromatic heterocycles. The van der Waals surface area contributed by atoms with Crippen LogP contribution in [-0.2, 0) is 16.4 Å². The van der Waals surface area contributed by atoms with Gasteiger partial charge in [0.2, 0.25) is 0 Å². The summed E-state index contributed by atoms with van der Waals surface area (Å²) in [5.74, 6) is 0. The molecule has 5 nitrogen and oxygen atoms in total. The number of anilines is 1. The lowest BCUT2D eigenvalue weighted by molar-refractivity contribution is 0.200. The Hall–Kier alpha value is -1.11. The number of hydrogen-bond acceptors (Lipinski definition) is 4. The molecule has 1 saturated heterocycles. The lowest BCUT2D eigenvalue weighted by Crippen LogP contribution is -2.44. The van der Waals surface area contributed by atoms with E-state index in [-0.39, 0.29) is 0 Å². The zero-order valence-electron chi connectivity index (χ0n) is 10.9. The third kappa shape index (κ3) is 2.75. The Morgan fingerprint density at radius 3 is 2.74 bits per heavy atom. The van der Waals surface area contributed by atoms with Gasteiger partial charge in [0.05, 0.1) is 4.90 Å². The molecular formula is C13H19N3O2S. The van der Waals surface area contributed by atoms with Crippen LogP contribution in [0.15, 0.2) is 23.1 Å². The molecule has 2 N–H and O–H groups in total. The van der Waals surface area contributed by atoms with Gasteiger partial charge in [0.25, 0.3) is 10.0 Å². The summed E-state index contributed by atoms with van der Waals surface area (Å²) in [6.45, 7) is 2.48. The van der Waals surface area contributed by atoms with Crippen molar-refractivity contribution >= 4 is 15.7 Å². The molecule has 19 heavy (non-hydrogen) atoms. The van der Waals surface area contributed by atoms with E-state index in [1.807, 2.05) is 6.07 Å². The Morgan fingerprint density at radius 1 is 1.16 bits per heavy atom. The highest BCUT2D eigenvalue weighted by molar-refractivity contribution is 7.89. The van der Waals surface area contributed by atoms with Crippen molar-refractivity contribution in [2.45, 2.75) is 30.6 Å². The Balaban J connectivity index is 1.79. The Labute approximate surface area is 114 Å². The van der Waals surface area contributed by atoms with E-state index in [9.17, 15) is 8.42 Å². The van der Waals surface area contributed by atoms with Gasteiger partial charge in [0, 0.05) is 25.3 Å². The van der Waals surface area contributed by atoms with Crippen LogP contribution in [0, 0.1) is 0 Å². The summed E-state index contributed by atoms with van der Waals surface area (Å²) in [5, 5.41) is 5.02. The van der Waals surface area contributed by atoms with Gasteiger partial charge in [-0.2, -0.15) is 0 Å². The second kappa shape index (κ2) is 5.11. The van der Waals surface area contributed by atoms with Crippen molar-refractivity contribution in [1.29, 1.82) is 0 Å². The second-order valence-electron chi connectivity index (χ2n) is 5.14. The largest absolute Gasteiger partial charge is 0.384 e. The summed E-state index contributed by atoms with van der Waals surface area (Å²) in [5.41, 5.74) is 2.14. The Morgan fingerprint density at radius 2 is 1.95 bits per heavy atom. The molecule has 2 aliphatic heterocycles. The number of benzene rings is 1. The number of nitrogens with one attached hydrogen (secondary N) is 2. The fourth-order valence-electron chi connectivity index (χ4n) is 2.64. The monoisotopic (exact) mass is 281 g/mol. The molecule has 1 aromatic rings. The molecule has 1 aromatic carbocycles. The van der Waals surface area contributed by atoms with Crippen LogP contribution >= 0.6 is 0 Å². The van der Waals surface area contributed by atoms with Crippen LogP contribution in [0.3, 0.4) is 0 Å². The van der Waals surface area contributed by atoms with Crippen molar-refractivity contribution in [1.82, 2.24) is 9.84 Å². The zero-order chi connectivity index (χ0) is 13.3. The Kier molecular flexibility index (Phi) is 3.47. The van der Waals surface area contributed by atoms with E-state index in [4.69, 9.17) is 0 Å².